The normalized spacial score (nSPS) is 13.8. The van der Waals surface area contributed by atoms with Gasteiger partial charge in [-0.2, -0.15) is 0 Å². The molecule has 2 aromatic rings. The minimum Gasteiger partial charge on any atom is -0.312 e. The second-order valence-electron chi connectivity index (χ2n) is 5.04. The van der Waals surface area contributed by atoms with Gasteiger partial charge in [-0.15, -0.1) is 11.8 Å². The molecule has 1 aromatic carbocycles. The van der Waals surface area contributed by atoms with Gasteiger partial charge >= 0.3 is 0 Å². The molecular weight excluding hydrogens is 280 g/mol. The second kappa shape index (κ2) is 6.76. The summed E-state index contributed by atoms with van der Waals surface area (Å²) >= 11 is 1.64. The molecule has 0 bridgehead atoms. The summed E-state index contributed by atoms with van der Waals surface area (Å²) in [5.74, 6) is 0.986. The van der Waals surface area contributed by atoms with Gasteiger partial charge in [-0.25, -0.2) is 4.98 Å². The fourth-order valence-electron chi connectivity index (χ4n) is 2.60. The summed E-state index contributed by atoms with van der Waals surface area (Å²) in [4.78, 5) is 18.6. The predicted molar refractivity (Wildman–Crippen MR) is 86.7 cm³/mol. The number of benzene rings is 1. The van der Waals surface area contributed by atoms with Crippen LogP contribution in [0.3, 0.4) is 0 Å². The first kappa shape index (κ1) is 14.1. The Labute approximate surface area is 129 Å². The van der Waals surface area contributed by atoms with Gasteiger partial charge in [-0.1, -0.05) is 24.3 Å². The number of pyridine rings is 1. The van der Waals surface area contributed by atoms with Crippen LogP contribution in [0.4, 0.5) is 5.69 Å². The van der Waals surface area contributed by atoms with Gasteiger partial charge in [0.25, 0.3) is 0 Å². The van der Waals surface area contributed by atoms with E-state index in [4.69, 9.17) is 0 Å². The van der Waals surface area contributed by atoms with Crippen molar-refractivity contribution < 1.29 is 4.79 Å². The average Bonchev–Trinajstić information content (AvgIpc) is 2.55. The molecular formula is C17H18N2OS. The highest BCUT2D eigenvalue weighted by Gasteiger charge is 2.21. The number of aromatic nitrogens is 1. The van der Waals surface area contributed by atoms with Crippen molar-refractivity contribution in [2.75, 3.05) is 17.2 Å². The van der Waals surface area contributed by atoms with Gasteiger partial charge in [0.15, 0.2) is 0 Å². The molecule has 0 atom stereocenters. The Kier molecular flexibility index (Phi) is 4.55. The first-order valence-corrected chi connectivity index (χ1v) is 8.25. The third kappa shape index (κ3) is 3.45. The lowest BCUT2D eigenvalue weighted by Crippen LogP contribution is -2.35. The minimum atomic E-state index is 0.214. The van der Waals surface area contributed by atoms with Gasteiger partial charge in [0.05, 0.1) is 5.03 Å². The topological polar surface area (TPSA) is 33.2 Å². The molecule has 0 saturated carbocycles. The van der Waals surface area contributed by atoms with Crippen molar-refractivity contribution in [1.82, 2.24) is 4.98 Å². The van der Waals surface area contributed by atoms with Crippen molar-refractivity contribution in [2.45, 2.75) is 24.3 Å². The number of carbonyl (C=O) groups is 1. The van der Waals surface area contributed by atoms with E-state index >= 15 is 0 Å². The molecule has 1 aliphatic heterocycles. The summed E-state index contributed by atoms with van der Waals surface area (Å²) in [5.41, 5.74) is 2.38. The van der Waals surface area contributed by atoms with E-state index in [1.807, 2.05) is 35.2 Å². The Morgan fingerprint density at radius 3 is 2.90 bits per heavy atom. The number of hydrogen-bond acceptors (Lipinski definition) is 3. The highest BCUT2D eigenvalue weighted by atomic mass is 32.2. The van der Waals surface area contributed by atoms with E-state index in [1.54, 1.807) is 18.0 Å². The summed E-state index contributed by atoms with van der Waals surface area (Å²) in [7, 11) is 0. The molecule has 0 saturated heterocycles. The fourth-order valence-corrected chi connectivity index (χ4v) is 3.40. The molecule has 0 N–H and O–H groups in total. The second-order valence-corrected chi connectivity index (χ2v) is 6.16. The number of anilines is 1. The molecule has 0 aliphatic carbocycles. The number of aryl methyl sites for hydroxylation is 1. The summed E-state index contributed by atoms with van der Waals surface area (Å²) in [5, 5.41) is 0.976. The molecule has 21 heavy (non-hydrogen) atoms. The number of nitrogens with zero attached hydrogens (tertiary/aromatic N) is 2. The molecule has 3 rings (SSSR count). The van der Waals surface area contributed by atoms with Crippen molar-refractivity contribution in [3.8, 4) is 0 Å². The lowest BCUT2D eigenvalue weighted by Gasteiger charge is -2.29. The van der Waals surface area contributed by atoms with Crippen LogP contribution in [0.1, 0.15) is 18.4 Å². The van der Waals surface area contributed by atoms with Gasteiger partial charge in [-0.3, -0.25) is 4.79 Å². The minimum absolute atomic E-state index is 0.214. The zero-order chi connectivity index (χ0) is 14.5. The maximum absolute atomic E-state index is 12.4. The van der Waals surface area contributed by atoms with Gasteiger partial charge in [-0.05, 0) is 36.6 Å². The number of fused-ring (bicyclic) bond motifs is 1. The van der Waals surface area contributed by atoms with Crippen LogP contribution in [0.5, 0.6) is 0 Å². The SMILES string of the molecule is O=C(CCSc1ccccn1)N1CCCc2ccccc21. The van der Waals surface area contributed by atoms with Gasteiger partial charge in [0.2, 0.25) is 5.91 Å². The Morgan fingerprint density at radius 1 is 1.19 bits per heavy atom. The van der Waals surface area contributed by atoms with Gasteiger partial charge in [0, 0.05) is 30.6 Å². The van der Waals surface area contributed by atoms with Crippen molar-refractivity contribution in [1.29, 1.82) is 0 Å². The smallest absolute Gasteiger partial charge is 0.227 e. The number of rotatable bonds is 4. The summed E-state index contributed by atoms with van der Waals surface area (Å²) < 4.78 is 0. The molecule has 1 amide bonds. The van der Waals surface area contributed by atoms with E-state index in [0.29, 0.717) is 6.42 Å². The molecule has 0 spiro atoms. The first-order valence-electron chi connectivity index (χ1n) is 7.27. The van der Waals surface area contributed by atoms with Crippen LogP contribution >= 0.6 is 11.8 Å². The van der Waals surface area contributed by atoms with E-state index < -0.39 is 0 Å². The van der Waals surface area contributed by atoms with Crippen LogP contribution in [-0.2, 0) is 11.2 Å². The average molecular weight is 298 g/mol. The van der Waals surface area contributed by atoms with Crippen LogP contribution in [0.2, 0.25) is 0 Å². The predicted octanol–water partition coefficient (Wildman–Crippen LogP) is 3.54. The third-order valence-corrected chi connectivity index (χ3v) is 4.56. The molecule has 0 fully saturated rings. The Morgan fingerprint density at radius 2 is 2.05 bits per heavy atom. The molecule has 0 unspecified atom stereocenters. The largest absolute Gasteiger partial charge is 0.312 e. The number of hydrogen-bond donors (Lipinski definition) is 0. The van der Waals surface area contributed by atoms with E-state index in [0.717, 1.165) is 35.9 Å². The molecule has 1 aliphatic rings. The number of para-hydroxylation sites is 1. The summed E-state index contributed by atoms with van der Waals surface area (Å²) in [6.45, 7) is 0.837. The van der Waals surface area contributed by atoms with E-state index in [9.17, 15) is 4.79 Å². The van der Waals surface area contributed by atoms with Crippen LogP contribution < -0.4 is 4.90 Å². The monoisotopic (exact) mass is 298 g/mol. The summed E-state index contributed by atoms with van der Waals surface area (Å²) in [6.07, 6.45) is 4.46. The highest BCUT2D eigenvalue weighted by molar-refractivity contribution is 7.99. The van der Waals surface area contributed by atoms with Crippen molar-refractivity contribution >= 4 is 23.4 Å². The highest BCUT2D eigenvalue weighted by Crippen LogP contribution is 2.27. The third-order valence-electron chi connectivity index (χ3n) is 3.61. The molecule has 1 aromatic heterocycles. The van der Waals surface area contributed by atoms with Crippen molar-refractivity contribution in [3.05, 3.63) is 54.2 Å². The van der Waals surface area contributed by atoms with Crippen LogP contribution in [0, 0.1) is 0 Å². The maximum atomic E-state index is 12.4. The van der Waals surface area contributed by atoms with E-state index in [-0.39, 0.29) is 5.91 Å². The standard InChI is InChI=1S/C17H18N2OS/c20-17(10-13-21-16-9-3-4-11-18-16)19-12-5-7-14-6-1-2-8-15(14)19/h1-4,6,8-9,11H,5,7,10,12-13H2. The Balaban J connectivity index is 1.59. The lowest BCUT2D eigenvalue weighted by atomic mass is 10.0. The number of thioether (sulfide) groups is 1. The van der Waals surface area contributed by atoms with Crippen LogP contribution in [0.15, 0.2) is 53.7 Å². The number of amides is 1. The maximum Gasteiger partial charge on any atom is 0.227 e. The van der Waals surface area contributed by atoms with E-state index in [1.165, 1.54) is 5.56 Å². The van der Waals surface area contributed by atoms with E-state index in [2.05, 4.69) is 17.1 Å². The van der Waals surface area contributed by atoms with Crippen LogP contribution in [-0.4, -0.2) is 23.2 Å². The molecule has 4 heteroatoms. The fraction of sp³-hybridized carbons (Fsp3) is 0.294. The van der Waals surface area contributed by atoms with Gasteiger partial charge in [0.1, 0.15) is 0 Å². The number of carbonyl (C=O) groups excluding carboxylic acids is 1. The summed E-state index contributed by atoms with van der Waals surface area (Å²) in [6, 6.07) is 14.1. The molecule has 2 heterocycles. The lowest BCUT2D eigenvalue weighted by molar-refractivity contribution is -0.118. The van der Waals surface area contributed by atoms with Crippen LogP contribution in [0.25, 0.3) is 0 Å². The first-order chi connectivity index (χ1) is 10.3. The Bertz CT molecular complexity index is 615. The van der Waals surface area contributed by atoms with Crippen molar-refractivity contribution in [3.63, 3.8) is 0 Å². The molecule has 3 nitrogen and oxygen atoms in total. The molecule has 108 valence electrons. The van der Waals surface area contributed by atoms with Gasteiger partial charge < -0.3 is 4.90 Å². The zero-order valence-electron chi connectivity index (χ0n) is 11.9. The zero-order valence-corrected chi connectivity index (χ0v) is 12.7. The quantitative estimate of drug-likeness (QED) is 0.809. The Hall–Kier alpha value is -1.81. The molecule has 0 radical (unpaired) electrons. The van der Waals surface area contributed by atoms with Crippen molar-refractivity contribution in [2.24, 2.45) is 0 Å².